The summed E-state index contributed by atoms with van der Waals surface area (Å²) in [4.78, 5) is 15.1. The molecule has 1 aromatic carbocycles. The molecule has 0 aliphatic rings. The summed E-state index contributed by atoms with van der Waals surface area (Å²) in [6.07, 6.45) is 1.64. The Morgan fingerprint density at radius 3 is 2.71 bits per heavy atom. The highest BCUT2D eigenvalue weighted by Gasteiger charge is 2.18. The lowest BCUT2D eigenvalue weighted by Gasteiger charge is -2.03. The highest BCUT2D eigenvalue weighted by molar-refractivity contribution is 7.99. The second-order valence-corrected chi connectivity index (χ2v) is 4.28. The van der Waals surface area contributed by atoms with Crippen LogP contribution in [0.15, 0.2) is 52.5 Å². The zero-order valence-electron chi connectivity index (χ0n) is 8.74. The van der Waals surface area contributed by atoms with Gasteiger partial charge in [0.05, 0.1) is 9.82 Å². The van der Waals surface area contributed by atoms with Gasteiger partial charge in [-0.2, -0.15) is 0 Å². The Kier molecular flexibility index (Phi) is 3.24. The molecule has 6 heteroatoms. The largest absolute Gasteiger partial charge is 0.393 e. The molecule has 0 atom stereocenters. The van der Waals surface area contributed by atoms with Crippen molar-refractivity contribution >= 4 is 23.1 Å². The summed E-state index contributed by atoms with van der Waals surface area (Å²) in [6, 6.07) is 10.3. The lowest BCUT2D eigenvalue weighted by molar-refractivity contribution is -0.386. The highest BCUT2D eigenvalue weighted by Crippen LogP contribution is 2.36. The normalized spacial score (nSPS) is 10.1. The Balaban J connectivity index is 2.40. The number of anilines is 1. The third-order valence-corrected chi connectivity index (χ3v) is 3.07. The summed E-state index contributed by atoms with van der Waals surface area (Å²) in [5.41, 5.74) is 5.70. The van der Waals surface area contributed by atoms with E-state index in [-0.39, 0.29) is 11.4 Å². The number of hydrogen-bond donors (Lipinski definition) is 1. The number of benzene rings is 1. The van der Waals surface area contributed by atoms with Crippen LogP contribution in [0.2, 0.25) is 0 Å². The predicted octanol–water partition coefficient (Wildman–Crippen LogP) is 2.72. The fourth-order valence-corrected chi connectivity index (χ4v) is 2.26. The maximum atomic E-state index is 10.9. The Morgan fingerprint density at radius 2 is 2.06 bits per heavy atom. The van der Waals surface area contributed by atoms with Crippen molar-refractivity contribution in [2.45, 2.75) is 9.92 Å². The summed E-state index contributed by atoms with van der Waals surface area (Å²) in [5, 5.41) is 11.6. The van der Waals surface area contributed by atoms with Crippen LogP contribution in [-0.2, 0) is 0 Å². The van der Waals surface area contributed by atoms with Crippen LogP contribution >= 0.6 is 11.8 Å². The minimum Gasteiger partial charge on any atom is -0.393 e. The average molecular weight is 247 g/mol. The minimum absolute atomic E-state index is 0.0665. The van der Waals surface area contributed by atoms with E-state index in [0.717, 1.165) is 0 Å². The third-order valence-electron chi connectivity index (χ3n) is 2.07. The van der Waals surface area contributed by atoms with Crippen molar-refractivity contribution in [2.75, 3.05) is 5.73 Å². The number of nitrogen functional groups attached to an aromatic ring is 1. The number of para-hydroxylation sites is 1. The van der Waals surface area contributed by atoms with Gasteiger partial charge in [0.2, 0.25) is 0 Å². The number of nitro benzene ring substituents is 1. The molecule has 0 radical (unpaired) electrons. The molecule has 0 aliphatic carbocycles. The molecule has 0 aliphatic heterocycles. The van der Waals surface area contributed by atoms with E-state index in [0.29, 0.717) is 9.92 Å². The molecule has 86 valence electrons. The summed E-state index contributed by atoms with van der Waals surface area (Å²) in [7, 11) is 0. The Hall–Kier alpha value is -2.08. The van der Waals surface area contributed by atoms with Crippen LogP contribution in [-0.4, -0.2) is 9.91 Å². The van der Waals surface area contributed by atoms with Gasteiger partial charge in [0.15, 0.2) is 0 Å². The maximum Gasteiger partial charge on any atom is 0.305 e. The van der Waals surface area contributed by atoms with Gasteiger partial charge in [-0.3, -0.25) is 10.1 Å². The van der Waals surface area contributed by atoms with E-state index in [2.05, 4.69) is 4.98 Å². The van der Waals surface area contributed by atoms with Crippen molar-refractivity contribution in [1.82, 2.24) is 4.98 Å². The van der Waals surface area contributed by atoms with E-state index < -0.39 is 4.92 Å². The van der Waals surface area contributed by atoms with Crippen molar-refractivity contribution in [3.8, 4) is 0 Å². The smallest absolute Gasteiger partial charge is 0.305 e. The van der Waals surface area contributed by atoms with Gasteiger partial charge in [-0.1, -0.05) is 23.9 Å². The molecule has 5 nitrogen and oxygen atoms in total. The van der Waals surface area contributed by atoms with Gasteiger partial charge in [0.25, 0.3) is 0 Å². The lowest BCUT2D eigenvalue weighted by Crippen LogP contribution is -1.97. The van der Waals surface area contributed by atoms with Crippen molar-refractivity contribution < 1.29 is 4.92 Å². The van der Waals surface area contributed by atoms with Crippen molar-refractivity contribution in [1.29, 1.82) is 0 Å². The predicted molar refractivity (Wildman–Crippen MR) is 65.9 cm³/mol. The zero-order valence-corrected chi connectivity index (χ0v) is 9.55. The molecule has 0 amide bonds. The van der Waals surface area contributed by atoms with Crippen molar-refractivity contribution in [3.05, 3.63) is 52.7 Å². The monoisotopic (exact) mass is 247 g/mol. The van der Waals surface area contributed by atoms with Gasteiger partial charge in [-0.05, 0) is 24.3 Å². The van der Waals surface area contributed by atoms with Crippen LogP contribution in [0.1, 0.15) is 0 Å². The Labute approximate surface area is 102 Å². The van der Waals surface area contributed by atoms with Gasteiger partial charge in [-0.25, -0.2) is 4.98 Å². The first-order chi connectivity index (χ1) is 8.18. The molecule has 1 heterocycles. The number of nitro groups is 1. The van der Waals surface area contributed by atoms with E-state index in [1.807, 2.05) is 6.07 Å². The van der Waals surface area contributed by atoms with Crippen LogP contribution < -0.4 is 5.73 Å². The Bertz CT molecular complexity index is 546. The molecule has 2 N–H and O–H groups in total. The van der Waals surface area contributed by atoms with E-state index in [4.69, 9.17) is 5.73 Å². The van der Waals surface area contributed by atoms with Gasteiger partial charge in [0, 0.05) is 6.20 Å². The highest BCUT2D eigenvalue weighted by atomic mass is 32.2. The van der Waals surface area contributed by atoms with Crippen LogP contribution in [0.5, 0.6) is 0 Å². The molecule has 2 aromatic rings. The van der Waals surface area contributed by atoms with Crippen molar-refractivity contribution in [3.63, 3.8) is 0 Å². The molecule has 0 unspecified atom stereocenters. The van der Waals surface area contributed by atoms with E-state index in [1.54, 1.807) is 30.5 Å². The molecule has 0 spiro atoms. The van der Waals surface area contributed by atoms with Gasteiger partial charge in [0.1, 0.15) is 10.7 Å². The summed E-state index contributed by atoms with van der Waals surface area (Å²) in [5.74, 6) is 0. The maximum absolute atomic E-state index is 10.9. The number of aromatic nitrogens is 1. The van der Waals surface area contributed by atoms with Gasteiger partial charge in [-0.15, -0.1) is 0 Å². The fraction of sp³-hybridized carbons (Fsp3) is 0. The number of nitrogens with two attached hydrogens (primary N) is 1. The van der Waals surface area contributed by atoms with Crippen LogP contribution in [0.25, 0.3) is 0 Å². The zero-order chi connectivity index (χ0) is 12.3. The summed E-state index contributed by atoms with van der Waals surface area (Å²) in [6.45, 7) is 0. The molecule has 0 fully saturated rings. The standard InChI is InChI=1S/C11H9N3O2S/c12-8-4-3-5-9(11(8)14(15)16)17-10-6-1-2-7-13-10/h1-7H,12H2. The molecule has 0 bridgehead atoms. The molecular weight excluding hydrogens is 238 g/mol. The molecule has 2 rings (SSSR count). The first-order valence-corrected chi connectivity index (χ1v) is 5.62. The average Bonchev–Trinajstić information content (AvgIpc) is 2.30. The SMILES string of the molecule is Nc1cccc(Sc2ccccn2)c1[N+](=O)[O-]. The van der Waals surface area contributed by atoms with Gasteiger partial charge >= 0.3 is 5.69 Å². The quantitative estimate of drug-likeness (QED) is 0.512. The van der Waals surface area contributed by atoms with Crippen LogP contribution in [0.4, 0.5) is 11.4 Å². The first-order valence-electron chi connectivity index (χ1n) is 4.80. The lowest BCUT2D eigenvalue weighted by atomic mass is 10.3. The number of hydrogen-bond acceptors (Lipinski definition) is 5. The second-order valence-electron chi connectivity index (χ2n) is 3.22. The van der Waals surface area contributed by atoms with Crippen LogP contribution in [0.3, 0.4) is 0 Å². The molecular formula is C11H9N3O2S. The second kappa shape index (κ2) is 4.84. The first kappa shape index (κ1) is 11.4. The van der Waals surface area contributed by atoms with Crippen molar-refractivity contribution in [2.24, 2.45) is 0 Å². The van der Waals surface area contributed by atoms with E-state index >= 15 is 0 Å². The Morgan fingerprint density at radius 1 is 1.24 bits per heavy atom. The molecule has 0 saturated heterocycles. The summed E-state index contributed by atoms with van der Waals surface area (Å²) >= 11 is 1.22. The number of nitrogens with zero attached hydrogens (tertiary/aromatic N) is 2. The third kappa shape index (κ3) is 2.54. The number of pyridine rings is 1. The molecule has 1 aromatic heterocycles. The number of rotatable bonds is 3. The molecule has 0 saturated carbocycles. The summed E-state index contributed by atoms with van der Waals surface area (Å²) < 4.78 is 0. The minimum atomic E-state index is -0.472. The van der Waals surface area contributed by atoms with E-state index in [1.165, 1.54) is 17.8 Å². The molecule has 17 heavy (non-hydrogen) atoms. The van der Waals surface area contributed by atoms with Crippen LogP contribution in [0, 0.1) is 10.1 Å². The van der Waals surface area contributed by atoms with E-state index in [9.17, 15) is 10.1 Å². The fourth-order valence-electron chi connectivity index (χ4n) is 1.34. The topological polar surface area (TPSA) is 82.0 Å². The van der Waals surface area contributed by atoms with Gasteiger partial charge < -0.3 is 5.73 Å².